The van der Waals surface area contributed by atoms with Crippen LogP contribution in [0.1, 0.15) is 12.8 Å². The Morgan fingerprint density at radius 1 is 1.15 bits per heavy atom. The van der Waals surface area contributed by atoms with Crippen LogP contribution in [0.5, 0.6) is 11.5 Å². The molecule has 1 fully saturated rings. The lowest BCUT2D eigenvalue weighted by Gasteiger charge is -2.25. The summed E-state index contributed by atoms with van der Waals surface area (Å²) in [5.74, 6) is 2.46. The van der Waals surface area contributed by atoms with Crippen molar-refractivity contribution in [3.05, 3.63) is 24.3 Å². The van der Waals surface area contributed by atoms with Gasteiger partial charge in [0.2, 0.25) is 0 Å². The number of aliphatic imine (C=N–C) groups is 1. The number of hydrogen-bond donors (Lipinski definition) is 2. The zero-order chi connectivity index (χ0) is 18.6. The fourth-order valence-corrected chi connectivity index (χ4v) is 3.07. The van der Waals surface area contributed by atoms with Crippen molar-refractivity contribution in [3.63, 3.8) is 0 Å². The summed E-state index contributed by atoms with van der Waals surface area (Å²) in [4.78, 5) is 6.77. The van der Waals surface area contributed by atoms with Gasteiger partial charge < -0.3 is 24.8 Å². The molecule has 0 amide bonds. The zero-order valence-electron chi connectivity index (χ0n) is 16.2. The summed E-state index contributed by atoms with van der Waals surface area (Å²) in [7, 11) is 5.20. The molecule has 1 unspecified atom stereocenters. The van der Waals surface area contributed by atoms with Gasteiger partial charge in [0.05, 0.1) is 20.3 Å². The fourth-order valence-electron chi connectivity index (χ4n) is 3.07. The van der Waals surface area contributed by atoms with Gasteiger partial charge in [-0.25, -0.2) is 0 Å². The number of nitrogens with zero attached hydrogens (tertiary/aromatic N) is 2. The molecule has 0 saturated carbocycles. The van der Waals surface area contributed by atoms with E-state index in [0.29, 0.717) is 19.2 Å². The molecule has 146 valence electrons. The molecule has 1 aliphatic rings. The van der Waals surface area contributed by atoms with Crippen LogP contribution >= 0.6 is 0 Å². The fraction of sp³-hybridized carbons (Fsp3) is 0.632. The topological polar surface area (TPSA) is 67.4 Å². The van der Waals surface area contributed by atoms with Crippen LogP contribution in [0.2, 0.25) is 0 Å². The minimum atomic E-state index is 0.541. The first kappa shape index (κ1) is 20.3. The number of likely N-dealkylation sites (tertiary alicyclic amines) is 1. The van der Waals surface area contributed by atoms with Crippen molar-refractivity contribution in [2.45, 2.75) is 18.9 Å². The average molecular weight is 364 g/mol. The lowest BCUT2D eigenvalue weighted by molar-refractivity contribution is 0.141. The molecule has 2 N–H and O–H groups in total. The predicted octanol–water partition coefficient (Wildman–Crippen LogP) is 1.35. The predicted molar refractivity (Wildman–Crippen MR) is 104 cm³/mol. The van der Waals surface area contributed by atoms with Crippen LogP contribution in [0.3, 0.4) is 0 Å². The molecule has 1 atom stereocenters. The SMILES string of the molecule is CN=C(NCCOc1ccc(OC)cc1)NCC1CCCN1CCOC. The van der Waals surface area contributed by atoms with Crippen LogP contribution in [-0.4, -0.2) is 77.6 Å². The van der Waals surface area contributed by atoms with E-state index in [1.807, 2.05) is 24.3 Å². The summed E-state index contributed by atoms with van der Waals surface area (Å²) >= 11 is 0. The molecule has 26 heavy (non-hydrogen) atoms. The quantitative estimate of drug-likeness (QED) is 0.371. The van der Waals surface area contributed by atoms with Crippen molar-refractivity contribution in [2.75, 3.05) is 60.7 Å². The first-order chi connectivity index (χ1) is 12.8. The van der Waals surface area contributed by atoms with Gasteiger partial charge in [-0.2, -0.15) is 0 Å². The summed E-state index contributed by atoms with van der Waals surface area (Å²) in [5, 5.41) is 6.71. The second kappa shape index (κ2) is 11.6. The highest BCUT2D eigenvalue weighted by Gasteiger charge is 2.23. The number of hydrogen-bond acceptors (Lipinski definition) is 5. The summed E-state index contributed by atoms with van der Waals surface area (Å²) in [6.45, 7) is 5.07. The number of ether oxygens (including phenoxy) is 3. The maximum Gasteiger partial charge on any atom is 0.191 e. The Balaban J connectivity index is 1.64. The van der Waals surface area contributed by atoms with E-state index >= 15 is 0 Å². The van der Waals surface area contributed by atoms with E-state index in [2.05, 4.69) is 20.5 Å². The van der Waals surface area contributed by atoms with Crippen LogP contribution in [-0.2, 0) is 4.74 Å². The minimum Gasteiger partial charge on any atom is -0.497 e. The monoisotopic (exact) mass is 364 g/mol. The van der Waals surface area contributed by atoms with Crippen LogP contribution in [0.15, 0.2) is 29.3 Å². The molecular formula is C19H32N4O3. The molecule has 0 radical (unpaired) electrons. The molecule has 0 aromatic heterocycles. The summed E-state index contributed by atoms with van der Waals surface area (Å²) in [6.07, 6.45) is 2.46. The molecule has 7 nitrogen and oxygen atoms in total. The first-order valence-corrected chi connectivity index (χ1v) is 9.21. The molecular weight excluding hydrogens is 332 g/mol. The van der Waals surface area contributed by atoms with Crippen LogP contribution in [0, 0.1) is 0 Å². The van der Waals surface area contributed by atoms with E-state index in [0.717, 1.165) is 43.7 Å². The van der Waals surface area contributed by atoms with Gasteiger partial charge in [0.1, 0.15) is 18.1 Å². The summed E-state index contributed by atoms with van der Waals surface area (Å²) in [6, 6.07) is 8.13. The van der Waals surface area contributed by atoms with Crippen molar-refractivity contribution < 1.29 is 14.2 Å². The number of guanidine groups is 1. The second-order valence-electron chi connectivity index (χ2n) is 6.23. The number of rotatable bonds is 10. The standard InChI is InChI=1S/C19H32N4O3/c1-20-19(22-15-16-5-4-11-23(16)12-14-24-2)21-10-13-26-18-8-6-17(25-3)7-9-18/h6-9,16H,4-5,10-15H2,1-3H3,(H2,20,21,22). The Morgan fingerprint density at radius 2 is 1.92 bits per heavy atom. The average Bonchev–Trinajstić information content (AvgIpc) is 3.13. The van der Waals surface area contributed by atoms with E-state index in [1.54, 1.807) is 21.3 Å². The molecule has 1 aromatic rings. The molecule has 1 aromatic carbocycles. The van der Waals surface area contributed by atoms with Crippen molar-refractivity contribution in [2.24, 2.45) is 4.99 Å². The molecule has 1 heterocycles. The molecule has 1 saturated heterocycles. The van der Waals surface area contributed by atoms with E-state index in [9.17, 15) is 0 Å². The Bertz CT molecular complexity index is 536. The van der Waals surface area contributed by atoms with Crippen molar-refractivity contribution >= 4 is 5.96 Å². The Morgan fingerprint density at radius 3 is 2.62 bits per heavy atom. The molecule has 0 bridgehead atoms. The highest BCUT2D eigenvalue weighted by molar-refractivity contribution is 5.79. The Kier molecular flexibility index (Phi) is 9.06. The van der Waals surface area contributed by atoms with Crippen LogP contribution in [0.4, 0.5) is 0 Å². The smallest absolute Gasteiger partial charge is 0.191 e. The highest BCUT2D eigenvalue weighted by Crippen LogP contribution is 2.17. The summed E-state index contributed by atoms with van der Waals surface area (Å²) in [5.41, 5.74) is 0. The zero-order valence-corrected chi connectivity index (χ0v) is 16.2. The second-order valence-corrected chi connectivity index (χ2v) is 6.23. The number of methoxy groups -OCH3 is 2. The largest absolute Gasteiger partial charge is 0.497 e. The molecule has 7 heteroatoms. The number of benzene rings is 1. The van der Waals surface area contributed by atoms with Gasteiger partial charge in [-0.05, 0) is 43.7 Å². The Hall–Kier alpha value is -1.99. The highest BCUT2D eigenvalue weighted by atomic mass is 16.5. The third-order valence-electron chi connectivity index (χ3n) is 4.53. The van der Waals surface area contributed by atoms with E-state index in [1.165, 1.54) is 12.8 Å². The van der Waals surface area contributed by atoms with Crippen LogP contribution < -0.4 is 20.1 Å². The normalized spacial score (nSPS) is 18.0. The number of nitrogens with one attached hydrogen (secondary N) is 2. The maximum absolute atomic E-state index is 5.72. The lowest BCUT2D eigenvalue weighted by Crippen LogP contribution is -2.46. The van der Waals surface area contributed by atoms with Gasteiger partial charge in [-0.3, -0.25) is 9.89 Å². The molecule has 2 rings (SSSR count). The van der Waals surface area contributed by atoms with E-state index in [4.69, 9.17) is 14.2 Å². The van der Waals surface area contributed by atoms with Crippen molar-refractivity contribution in [1.29, 1.82) is 0 Å². The molecule has 0 spiro atoms. The first-order valence-electron chi connectivity index (χ1n) is 9.21. The lowest BCUT2D eigenvalue weighted by atomic mass is 10.2. The van der Waals surface area contributed by atoms with Crippen molar-refractivity contribution in [3.8, 4) is 11.5 Å². The van der Waals surface area contributed by atoms with E-state index < -0.39 is 0 Å². The minimum absolute atomic E-state index is 0.541. The third-order valence-corrected chi connectivity index (χ3v) is 4.53. The maximum atomic E-state index is 5.72. The molecule has 1 aliphatic heterocycles. The van der Waals surface area contributed by atoms with E-state index in [-0.39, 0.29) is 0 Å². The summed E-state index contributed by atoms with van der Waals surface area (Å²) < 4.78 is 16.0. The third kappa shape index (κ3) is 6.72. The van der Waals surface area contributed by atoms with Gasteiger partial charge in [0.15, 0.2) is 5.96 Å². The van der Waals surface area contributed by atoms with Gasteiger partial charge in [-0.1, -0.05) is 0 Å². The van der Waals surface area contributed by atoms with Crippen LogP contribution in [0.25, 0.3) is 0 Å². The van der Waals surface area contributed by atoms with Gasteiger partial charge >= 0.3 is 0 Å². The van der Waals surface area contributed by atoms with Crippen molar-refractivity contribution in [1.82, 2.24) is 15.5 Å². The molecule has 0 aliphatic carbocycles. The van der Waals surface area contributed by atoms with Gasteiger partial charge in [-0.15, -0.1) is 0 Å². The van der Waals surface area contributed by atoms with Gasteiger partial charge in [0, 0.05) is 33.3 Å². The Labute approximate surface area is 156 Å². The van der Waals surface area contributed by atoms with Gasteiger partial charge in [0.25, 0.3) is 0 Å².